The molecule has 0 aromatic heterocycles. The van der Waals surface area contributed by atoms with Crippen molar-refractivity contribution >= 4 is 67.1 Å². The molecule has 4 heteroatoms. The monoisotopic (exact) mass is 198 g/mol. The summed E-state index contributed by atoms with van der Waals surface area (Å²) in [5.74, 6) is 0. The van der Waals surface area contributed by atoms with Gasteiger partial charge in [-0.2, -0.15) is 0 Å². The predicted octanol–water partition coefficient (Wildman–Crippen LogP) is -2.04. The van der Waals surface area contributed by atoms with Gasteiger partial charge >= 0.3 is 89.1 Å². The summed E-state index contributed by atoms with van der Waals surface area (Å²) < 4.78 is 0. The largest absolute Gasteiger partial charge is 2.00 e. The van der Waals surface area contributed by atoms with Crippen LogP contribution < -0.4 is 51.4 Å². The van der Waals surface area contributed by atoms with Crippen LogP contribution in [0.15, 0.2) is 0 Å². The SMILES string of the molecule is Br.Cl.[Ca+2].[H-].[H-].[H-].[K+]. The van der Waals surface area contributed by atoms with Crippen LogP contribution in [-0.2, 0) is 0 Å². The molecule has 0 fully saturated rings. The zero-order valence-electron chi connectivity index (χ0n) is 5.52. The molecule has 0 radical (unpaired) electrons. The van der Waals surface area contributed by atoms with Crippen molar-refractivity contribution < 1.29 is 55.7 Å². The zero-order valence-corrected chi connectivity index (χ0v) is 10.4. The molecule has 0 aromatic rings. The Hall–Kier alpha value is 3.67. The van der Waals surface area contributed by atoms with Crippen LogP contribution in [0.25, 0.3) is 0 Å². The third-order valence-electron chi connectivity index (χ3n) is 0. The molecule has 0 aliphatic rings. The van der Waals surface area contributed by atoms with Gasteiger partial charge in [0.2, 0.25) is 0 Å². The first-order valence-electron chi connectivity index (χ1n) is 0. The van der Waals surface area contributed by atoms with Crippen LogP contribution in [0.4, 0.5) is 0 Å². The van der Waals surface area contributed by atoms with Crippen molar-refractivity contribution in [3.05, 3.63) is 0 Å². The molecule has 4 heavy (non-hydrogen) atoms. The Balaban J connectivity index is 0. The fourth-order valence-corrected chi connectivity index (χ4v) is 0. The Morgan fingerprint density at radius 3 is 1.25 bits per heavy atom. The average Bonchev–Trinajstić information content (AvgIpc) is 0. The zero-order chi connectivity index (χ0) is 0. The van der Waals surface area contributed by atoms with Gasteiger partial charge in [0.25, 0.3) is 0 Å². The van der Waals surface area contributed by atoms with E-state index in [2.05, 4.69) is 0 Å². The average molecular weight is 200 g/mol. The van der Waals surface area contributed by atoms with E-state index < -0.39 is 0 Å². The fraction of sp³-hybridized carbons (Fsp3) is 0. The molecule has 0 N–H and O–H groups in total. The first kappa shape index (κ1) is 25.3. The van der Waals surface area contributed by atoms with Crippen LogP contribution in [0.1, 0.15) is 4.28 Å². The topological polar surface area (TPSA) is 0 Å². The van der Waals surface area contributed by atoms with Gasteiger partial charge in [-0.25, -0.2) is 0 Å². The number of hydrogen-bond donors (Lipinski definition) is 0. The van der Waals surface area contributed by atoms with E-state index in [-0.39, 0.29) is 123 Å². The molecule has 0 heterocycles. The number of rotatable bonds is 0. The molecule has 0 saturated carbocycles. The minimum atomic E-state index is 0. The number of halogens is 2. The summed E-state index contributed by atoms with van der Waals surface area (Å²) in [6, 6.07) is 0. The molecule has 0 unspecified atom stereocenters. The summed E-state index contributed by atoms with van der Waals surface area (Å²) in [6.07, 6.45) is 0. The molecule has 0 aliphatic carbocycles. The van der Waals surface area contributed by atoms with Gasteiger partial charge in [-0.15, -0.1) is 29.4 Å². The van der Waals surface area contributed by atoms with Crippen LogP contribution in [0.2, 0.25) is 0 Å². The van der Waals surface area contributed by atoms with Gasteiger partial charge in [-0.05, 0) is 0 Å². The summed E-state index contributed by atoms with van der Waals surface area (Å²) in [5, 5.41) is 0. The molecule has 0 rings (SSSR count). The van der Waals surface area contributed by atoms with Crippen molar-refractivity contribution in [1.82, 2.24) is 0 Å². The molecule has 0 saturated heterocycles. The van der Waals surface area contributed by atoms with Crippen molar-refractivity contribution in [1.29, 1.82) is 0 Å². The maximum atomic E-state index is 0. The standard InChI is InChI=1S/BrH.Ca.ClH.K.3H/h1H;;1H;;;;/q;+2;;+1;3*-1. The second-order valence-corrected chi connectivity index (χ2v) is 0. The van der Waals surface area contributed by atoms with E-state index in [0.717, 1.165) is 0 Å². The van der Waals surface area contributed by atoms with Crippen molar-refractivity contribution in [3.63, 3.8) is 0 Å². The molecule has 22 valence electrons. The van der Waals surface area contributed by atoms with Gasteiger partial charge in [0, 0.05) is 0 Å². The minimum Gasteiger partial charge on any atom is -1.00 e. The summed E-state index contributed by atoms with van der Waals surface area (Å²) in [4.78, 5) is 0. The second-order valence-electron chi connectivity index (χ2n) is 0. The van der Waals surface area contributed by atoms with Crippen molar-refractivity contribution in [3.8, 4) is 0 Å². The molecule has 0 spiro atoms. The van der Waals surface area contributed by atoms with Gasteiger partial charge in [0.05, 0.1) is 0 Å². The van der Waals surface area contributed by atoms with E-state index in [0.29, 0.717) is 0 Å². The molecule has 0 bridgehead atoms. The molecular formula is H5BrCaClK. The third-order valence-corrected chi connectivity index (χ3v) is 0. The molecular weight excluding hydrogens is 195 g/mol. The smallest absolute Gasteiger partial charge is 1.00 e. The van der Waals surface area contributed by atoms with Crippen LogP contribution in [0.3, 0.4) is 0 Å². The van der Waals surface area contributed by atoms with Crippen LogP contribution in [0.5, 0.6) is 0 Å². The summed E-state index contributed by atoms with van der Waals surface area (Å²) >= 11 is 0. The summed E-state index contributed by atoms with van der Waals surface area (Å²) in [6.45, 7) is 0. The van der Waals surface area contributed by atoms with Crippen LogP contribution in [0, 0.1) is 0 Å². The Morgan fingerprint density at radius 2 is 1.25 bits per heavy atom. The van der Waals surface area contributed by atoms with Crippen LogP contribution >= 0.6 is 29.4 Å². The Bertz CT molecular complexity index is 14.9. The molecule has 0 aromatic carbocycles. The Morgan fingerprint density at radius 1 is 1.25 bits per heavy atom. The fourth-order valence-electron chi connectivity index (χ4n) is 0. The van der Waals surface area contributed by atoms with E-state index in [9.17, 15) is 0 Å². The first-order chi connectivity index (χ1) is 0. The quantitative estimate of drug-likeness (QED) is 0.395. The second kappa shape index (κ2) is 15.9. The van der Waals surface area contributed by atoms with Gasteiger partial charge in [-0.3, -0.25) is 0 Å². The van der Waals surface area contributed by atoms with Gasteiger partial charge < -0.3 is 4.28 Å². The molecule has 0 aliphatic heterocycles. The summed E-state index contributed by atoms with van der Waals surface area (Å²) in [7, 11) is 0. The molecule has 0 atom stereocenters. The summed E-state index contributed by atoms with van der Waals surface area (Å²) in [5.41, 5.74) is 0. The predicted molar refractivity (Wildman–Crippen MR) is 26.7 cm³/mol. The van der Waals surface area contributed by atoms with Gasteiger partial charge in [0.1, 0.15) is 0 Å². The van der Waals surface area contributed by atoms with E-state index in [1.54, 1.807) is 0 Å². The Kier molecular flexibility index (Phi) is 101. The minimum absolute atomic E-state index is 0. The van der Waals surface area contributed by atoms with Gasteiger partial charge in [0.15, 0.2) is 0 Å². The number of hydrogen-bond acceptors (Lipinski definition) is 0. The van der Waals surface area contributed by atoms with Crippen molar-refractivity contribution in [2.75, 3.05) is 0 Å². The van der Waals surface area contributed by atoms with E-state index in [1.165, 1.54) is 0 Å². The van der Waals surface area contributed by atoms with Gasteiger partial charge in [-0.1, -0.05) is 0 Å². The van der Waals surface area contributed by atoms with Crippen molar-refractivity contribution in [2.24, 2.45) is 0 Å². The van der Waals surface area contributed by atoms with Crippen LogP contribution in [-0.4, -0.2) is 37.7 Å². The molecule has 0 amide bonds. The van der Waals surface area contributed by atoms with E-state index in [1.807, 2.05) is 0 Å². The normalized spacial score (nSPS) is 0. The van der Waals surface area contributed by atoms with Crippen molar-refractivity contribution in [2.45, 2.75) is 0 Å². The van der Waals surface area contributed by atoms with E-state index >= 15 is 0 Å². The maximum absolute atomic E-state index is 0. The molecule has 0 nitrogen and oxygen atoms in total. The maximum Gasteiger partial charge on any atom is 2.00 e. The first-order valence-corrected chi connectivity index (χ1v) is 0. The Labute approximate surface area is 120 Å². The van der Waals surface area contributed by atoms with E-state index in [4.69, 9.17) is 0 Å². The third kappa shape index (κ3) is 9.18.